The van der Waals surface area contributed by atoms with Gasteiger partial charge in [0.1, 0.15) is 5.01 Å². The summed E-state index contributed by atoms with van der Waals surface area (Å²) < 4.78 is 0. The van der Waals surface area contributed by atoms with Crippen molar-refractivity contribution in [3.63, 3.8) is 0 Å². The lowest BCUT2D eigenvalue weighted by Crippen LogP contribution is -2.28. The summed E-state index contributed by atoms with van der Waals surface area (Å²) in [5.74, 6) is -0.232. The van der Waals surface area contributed by atoms with Crippen LogP contribution in [-0.2, 0) is 24.1 Å². The van der Waals surface area contributed by atoms with E-state index in [0.29, 0.717) is 5.56 Å². The van der Waals surface area contributed by atoms with Crippen LogP contribution >= 0.6 is 11.3 Å². The van der Waals surface area contributed by atoms with E-state index in [1.807, 2.05) is 6.92 Å². The molecule has 0 fully saturated rings. The zero-order valence-electron chi connectivity index (χ0n) is 13.4. The normalized spacial score (nSPS) is 14.7. The number of benzene rings is 1. The fraction of sp³-hybridized carbons (Fsp3) is 0.412. The molecule has 0 bridgehead atoms. The number of carbonyl (C=O) groups is 1. The first-order valence-electron chi connectivity index (χ1n) is 8.04. The Labute approximate surface area is 144 Å². The second-order valence-electron chi connectivity index (χ2n) is 5.98. The van der Waals surface area contributed by atoms with Crippen LogP contribution in [0.2, 0.25) is 0 Å². The van der Waals surface area contributed by atoms with E-state index in [0.717, 1.165) is 17.8 Å². The highest BCUT2D eigenvalue weighted by atomic mass is 32.1. The Balaban J connectivity index is 1.66. The molecule has 0 radical (unpaired) electrons. The van der Waals surface area contributed by atoms with Crippen molar-refractivity contribution in [2.75, 3.05) is 0 Å². The SMILES string of the molecule is C[C@H](NC(=O)Cc1ccccc1[N+](=O)[O-])c1nc2c(s1)CCCC2. The number of aryl methyl sites for hydroxylation is 2. The summed E-state index contributed by atoms with van der Waals surface area (Å²) in [6.07, 6.45) is 4.46. The molecule has 1 atom stereocenters. The lowest BCUT2D eigenvalue weighted by Gasteiger charge is -2.11. The van der Waals surface area contributed by atoms with Gasteiger partial charge in [0, 0.05) is 16.5 Å². The lowest BCUT2D eigenvalue weighted by molar-refractivity contribution is -0.385. The van der Waals surface area contributed by atoms with Gasteiger partial charge in [0.15, 0.2) is 0 Å². The predicted octanol–water partition coefficient (Wildman–Crippen LogP) is 3.35. The number of rotatable bonds is 5. The van der Waals surface area contributed by atoms with Crippen molar-refractivity contribution in [3.05, 3.63) is 55.5 Å². The molecule has 1 N–H and O–H groups in total. The molecule has 1 aromatic carbocycles. The van der Waals surface area contributed by atoms with E-state index in [4.69, 9.17) is 0 Å². The minimum absolute atomic E-state index is 0.00736. The molecule has 2 aromatic rings. The Kier molecular flexibility index (Phi) is 4.89. The zero-order chi connectivity index (χ0) is 17.1. The van der Waals surface area contributed by atoms with E-state index in [-0.39, 0.29) is 24.1 Å². The van der Waals surface area contributed by atoms with Gasteiger partial charge in [0.25, 0.3) is 5.69 Å². The van der Waals surface area contributed by atoms with E-state index in [1.165, 1.54) is 29.5 Å². The first kappa shape index (κ1) is 16.6. The number of hydrogen-bond acceptors (Lipinski definition) is 5. The molecule has 1 aliphatic rings. The van der Waals surface area contributed by atoms with Crippen molar-refractivity contribution in [3.8, 4) is 0 Å². The molecule has 24 heavy (non-hydrogen) atoms. The van der Waals surface area contributed by atoms with Gasteiger partial charge in [-0.2, -0.15) is 0 Å². The highest BCUT2D eigenvalue weighted by Gasteiger charge is 2.21. The highest BCUT2D eigenvalue weighted by Crippen LogP contribution is 2.29. The van der Waals surface area contributed by atoms with Crippen molar-refractivity contribution in [1.82, 2.24) is 10.3 Å². The minimum atomic E-state index is -0.457. The van der Waals surface area contributed by atoms with Crippen LogP contribution < -0.4 is 5.32 Å². The molecular formula is C17H19N3O3S. The number of fused-ring (bicyclic) bond motifs is 1. The van der Waals surface area contributed by atoms with Crippen LogP contribution in [0.3, 0.4) is 0 Å². The Morgan fingerprint density at radius 1 is 1.38 bits per heavy atom. The number of nitrogens with one attached hydrogen (secondary N) is 1. The fourth-order valence-electron chi connectivity index (χ4n) is 2.92. The summed E-state index contributed by atoms with van der Waals surface area (Å²) >= 11 is 1.67. The third-order valence-corrected chi connectivity index (χ3v) is 5.49. The van der Waals surface area contributed by atoms with Gasteiger partial charge < -0.3 is 5.32 Å². The summed E-state index contributed by atoms with van der Waals surface area (Å²) in [5.41, 5.74) is 1.57. The number of nitro groups is 1. The van der Waals surface area contributed by atoms with Crippen LogP contribution in [0.1, 0.15) is 46.9 Å². The van der Waals surface area contributed by atoms with E-state index in [2.05, 4.69) is 10.3 Å². The molecule has 0 saturated carbocycles. The van der Waals surface area contributed by atoms with Crippen molar-refractivity contribution >= 4 is 22.9 Å². The maximum Gasteiger partial charge on any atom is 0.273 e. The average Bonchev–Trinajstić information content (AvgIpc) is 2.99. The van der Waals surface area contributed by atoms with Gasteiger partial charge in [-0.1, -0.05) is 18.2 Å². The average molecular weight is 345 g/mol. The lowest BCUT2D eigenvalue weighted by atomic mass is 10.0. The van der Waals surface area contributed by atoms with E-state index >= 15 is 0 Å². The van der Waals surface area contributed by atoms with Gasteiger partial charge in [0.2, 0.25) is 5.91 Å². The molecule has 0 aliphatic heterocycles. The first-order valence-corrected chi connectivity index (χ1v) is 8.86. The highest BCUT2D eigenvalue weighted by molar-refractivity contribution is 7.11. The third kappa shape index (κ3) is 3.62. The zero-order valence-corrected chi connectivity index (χ0v) is 14.3. The number of para-hydroxylation sites is 1. The molecule has 0 saturated heterocycles. The Bertz CT molecular complexity index is 749. The maximum absolute atomic E-state index is 12.3. The van der Waals surface area contributed by atoms with Gasteiger partial charge in [-0.15, -0.1) is 11.3 Å². The topological polar surface area (TPSA) is 85.1 Å². The van der Waals surface area contributed by atoms with Gasteiger partial charge in [-0.05, 0) is 32.6 Å². The quantitative estimate of drug-likeness (QED) is 0.665. The van der Waals surface area contributed by atoms with E-state index < -0.39 is 4.92 Å². The molecule has 0 unspecified atom stereocenters. The number of nitrogens with zero attached hydrogens (tertiary/aromatic N) is 2. The van der Waals surface area contributed by atoms with Crippen LogP contribution in [0.25, 0.3) is 0 Å². The van der Waals surface area contributed by atoms with Gasteiger partial charge in [0.05, 0.1) is 23.1 Å². The molecule has 7 heteroatoms. The third-order valence-electron chi connectivity index (χ3n) is 4.15. The Morgan fingerprint density at radius 3 is 2.88 bits per heavy atom. The number of thiazole rings is 1. The Morgan fingerprint density at radius 2 is 2.12 bits per heavy atom. The maximum atomic E-state index is 12.3. The van der Waals surface area contributed by atoms with Crippen LogP contribution in [0.5, 0.6) is 0 Å². The second kappa shape index (κ2) is 7.09. The van der Waals surface area contributed by atoms with Crippen molar-refractivity contribution in [1.29, 1.82) is 0 Å². The number of nitro benzene ring substituents is 1. The number of hydrogen-bond donors (Lipinski definition) is 1. The summed E-state index contributed by atoms with van der Waals surface area (Å²) in [5, 5.41) is 14.8. The van der Waals surface area contributed by atoms with Crippen molar-refractivity contribution < 1.29 is 9.72 Å². The molecule has 1 amide bonds. The molecule has 126 valence electrons. The van der Waals surface area contributed by atoms with Crippen LogP contribution in [0, 0.1) is 10.1 Å². The second-order valence-corrected chi connectivity index (χ2v) is 7.10. The largest absolute Gasteiger partial charge is 0.347 e. The molecule has 6 nitrogen and oxygen atoms in total. The summed E-state index contributed by atoms with van der Waals surface area (Å²) in [7, 11) is 0. The van der Waals surface area contributed by atoms with Crippen LogP contribution in [0.15, 0.2) is 24.3 Å². The minimum Gasteiger partial charge on any atom is -0.347 e. The predicted molar refractivity (Wildman–Crippen MR) is 92.1 cm³/mol. The number of aromatic nitrogens is 1. The van der Waals surface area contributed by atoms with E-state index in [1.54, 1.807) is 29.5 Å². The van der Waals surface area contributed by atoms with Crippen molar-refractivity contribution in [2.24, 2.45) is 0 Å². The summed E-state index contributed by atoms with van der Waals surface area (Å²) in [6.45, 7) is 1.90. The monoisotopic (exact) mass is 345 g/mol. The molecule has 1 aromatic heterocycles. The molecule has 0 spiro atoms. The molecule has 1 heterocycles. The summed E-state index contributed by atoms with van der Waals surface area (Å²) in [4.78, 5) is 28.8. The van der Waals surface area contributed by atoms with E-state index in [9.17, 15) is 14.9 Å². The first-order chi connectivity index (χ1) is 11.5. The van der Waals surface area contributed by atoms with Gasteiger partial charge >= 0.3 is 0 Å². The standard InChI is InChI=1S/C17H19N3O3S/c1-11(17-19-13-7-3-5-9-15(13)24-17)18-16(21)10-12-6-2-4-8-14(12)20(22)23/h2,4,6,8,11H,3,5,7,9-10H2,1H3,(H,18,21)/t11-/m0/s1. The van der Waals surface area contributed by atoms with Crippen LogP contribution in [-0.4, -0.2) is 15.8 Å². The van der Waals surface area contributed by atoms with Crippen molar-refractivity contribution in [2.45, 2.75) is 45.1 Å². The molecular weight excluding hydrogens is 326 g/mol. The molecule has 3 rings (SSSR count). The van der Waals surface area contributed by atoms with Gasteiger partial charge in [-0.3, -0.25) is 14.9 Å². The number of carbonyl (C=O) groups excluding carboxylic acids is 1. The summed E-state index contributed by atoms with van der Waals surface area (Å²) in [6, 6.07) is 6.15. The van der Waals surface area contributed by atoms with Crippen LogP contribution in [0.4, 0.5) is 5.69 Å². The Hall–Kier alpha value is -2.28. The fourth-order valence-corrected chi connectivity index (χ4v) is 4.08. The molecule has 1 aliphatic carbocycles. The number of amides is 1. The van der Waals surface area contributed by atoms with Gasteiger partial charge in [-0.25, -0.2) is 4.98 Å². The smallest absolute Gasteiger partial charge is 0.273 e.